The zero-order chi connectivity index (χ0) is 13.7. The fourth-order valence-corrected chi connectivity index (χ4v) is 2.72. The Morgan fingerprint density at radius 1 is 1.42 bits per heavy atom. The minimum atomic E-state index is -0.395. The van der Waals surface area contributed by atoms with Crippen molar-refractivity contribution in [3.63, 3.8) is 0 Å². The van der Waals surface area contributed by atoms with Crippen LogP contribution < -0.4 is 5.32 Å². The molecule has 5 nitrogen and oxygen atoms in total. The molecule has 0 saturated heterocycles. The summed E-state index contributed by atoms with van der Waals surface area (Å²) in [6, 6.07) is 1.75. The molecule has 0 unspecified atom stereocenters. The van der Waals surface area contributed by atoms with E-state index in [1.165, 1.54) is 38.3 Å². The van der Waals surface area contributed by atoms with Gasteiger partial charge in [-0.1, -0.05) is 32.1 Å². The average Bonchev–Trinajstić information content (AvgIpc) is 2.39. The summed E-state index contributed by atoms with van der Waals surface area (Å²) >= 11 is 0. The largest absolute Gasteiger partial charge is 0.370 e. The smallest absolute Gasteiger partial charge is 0.290 e. The van der Waals surface area contributed by atoms with Crippen LogP contribution in [0.25, 0.3) is 0 Å². The van der Waals surface area contributed by atoms with Gasteiger partial charge in [-0.05, 0) is 25.3 Å². The highest BCUT2D eigenvalue weighted by Gasteiger charge is 2.14. The van der Waals surface area contributed by atoms with Gasteiger partial charge in [0.1, 0.15) is 12.0 Å². The van der Waals surface area contributed by atoms with E-state index in [9.17, 15) is 10.1 Å². The lowest BCUT2D eigenvalue weighted by Crippen LogP contribution is -2.12. The number of pyridine rings is 1. The van der Waals surface area contributed by atoms with Crippen molar-refractivity contribution in [1.82, 2.24) is 4.98 Å². The molecule has 0 spiro atoms. The summed E-state index contributed by atoms with van der Waals surface area (Å²) in [5.41, 5.74) is 0.734. The molecule has 1 aliphatic carbocycles. The van der Waals surface area contributed by atoms with Crippen molar-refractivity contribution in [3.05, 3.63) is 27.9 Å². The van der Waals surface area contributed by atoms with Gasteiger partial charge in [0.05, 0.1) is 4.92 Å². The Morgan fingerprint density at radius 3 is 2.79 bits per heavy atom. The second kappa shape index (κ2) is 6.50. The number of hydrogen-bond donors (Lipinski definition) is 1. The van der Waals surface area contributed by atoms with Crippen LogP contribution in [-0.2, 0) is 0 Å². The van der Waals surface area contributed by atoms with E-state index in [0.717, 1.165) is 24.7 Å². The summed E-state index contributed by atoms with van der Waals surface area (Å²) in [6.45, 7) is 2.64. The second-order valence-corrected chi connectivity index (χ2v) is 5.33. The molecular weight excluding hydrogens is 242 g/mol. The summed E-state index contributed by atoms with van der Waals surface area (Å²) < 4.78 is 0. The van der Waals surface area contributed by atoms with Crippen LogP contribution in [0.5, 0.6) is 0 Å². The van der Waals surface area contributed by atoms with Gasteiger partial charge < -0.3 is 5.32 Å². The molecule has 1 saturated carbocycles. The molecule has 1 heterocycles. The van der Waals surface area contributed by atoms with Crippen LogP contribution in [0, 0.1) is 23.0 Å². The number of nitrogens with zero attached hydrogens (tertiary/aromatic N) is 2. The van der Waals surface area contributed by atoms with Gasteiger partial charge in [0.2, 0.25) is 0 Å². The number of rotatable bonds is 5. The molecule has 104 valence electrons. The Kier molecular flexibility index (Phi) is 4.71. The van der Waals surface area contributed by atoms with Crippen LogP contribution in [0.3, 0.4) is 0 Å². The van der Waals surface area contributed by atoms with Gasteiger partial charge in [-0.3, -0.25) is 10.1 Å². The molecule has 1 aliphatic rings. The van der Waals surface area contributed by atoms with E-state index in [1.807, 2.05) is 0 Å². The average molecular weight is 263 g/mol. The maximum atomic E-state index is 10.7. The van der Waals surface area contributed by atoms with Crippen molar-refractivity contribution in [2.45, 2.75) is 45.4 Å². The predicted molar refractivity (Wildman–Crippen MR) is 75.3 cm³/mol. The van der Waals surface area contributed by atoms with E-state index in [1.54, 1.807) is 13.0 Å². The van der Waals surface area contributed by atoms with E-state index < -0.39 is 4.92 Å². The molecule has 1 fully saturated rings. The van der Waals surface area contributed by atoms with E-state index in [4.69, 9.17) is 0 Å². The standard InChI is InChI=1S/C14H21N3O2/c1-11-9-14(16-10-13(11)17(18)19)15-8-7-12-5-3-2-4-6-12/h9-10,12H,2-8H2,1H3,(H,15,16). The van der Waals surface area contributed by atoms with Gasteiger partial charge in [0.15, 0.2) is 0 Å². The highest BCUT2D eigenvalue weighted by Crippen LogP contribution is 2.26. The number of anilines is 1. The first kappa shape index (κ1) is 13.8. The molecule has 5 heteroatoms. The zero-order valence-corrected chi connectivity index (χ0v) is 11.4. The summed E-state index contributed by atoms with van der Waals surface area (Å²) in [5, 5.41) is 14.0. The van der Waals surface area contributed by atoms with Crippen molar-refractivity contribution in [2.24, 2.45) is 5.92 Å². The molecule has 1 N–H and O–H groups in total. The van der Waals surface area contributed by atoms with Gasteiger partial charge in [-0.15, -0.1) is 0 Å². The molecule has 19 heavy (non-hydrogen) atoms. The van der Waals surface area contributed by atoms with Crippen molar-refractivity contribution < 1.29 is 4.92 Å². The summed E-state index contributed by atoms with van der Waals surface area (Å²) in [4.78, 5) is 14.4. The first-order chi connectivity index (χ1) is 9.16. The number of nitrogens with one attached hydrogen (secondary N) is 1. The molecule has 0 atom stereocenters. The van der Waals surface area contributed by atoms with E-state index in [2.05, 4.69) is 10.3 Å². The molecule has 1 aromatic heterocycles. The lowest BCUT2D eigenvalue weighted by Gasteiger charge is -2.21. The highest BCUT2D eigenvalue weighted by atomic mass is 16.6. The first-order valence-electron chi connectivity index (χ1n) is 7.01. The van der Waals surface area contributed by atoms with Crippen LogP contribution >= 0.6 is 0 Å². The number of hydrogen-bond acceptors (Lipinski definition) is 4. The lowest BCUT2D eigenvalue weighted by molar-refractivity contribution is -0.385. The Hall–Kier alpha value is -1.65. The van der Waals surface area contributed by atoms with Crippen LogP contribution in [-0.4, -0.2) is 16.5 Å². The fourth-order valence-electron chi connectivity index (χ4n) is 2.72. The normalized spacial score (nSPS) is 16.3. The number of nitro groups is 1. The Morgan fingerprint density at radius 2 is 2.16 bits per heavy atom. The summed E-state index contributed by atoms with van der Waals surface area (Å²) in [7, 11) is 0. The monoisotopic (exact) mass is 263 g/mol. The van der Waals surface area contributed by atoms with Gasteiger partial charge in [0, 0.05) is 12.1 Å². The quantitative estimate of drug-likeness (QED) is 0.650. The third-order valence-corrected chi connectivity index (χ3v) is 3.86. The van der Waals surface area contributed by atoms with Crippen molar-refractivity contribution in [1.29, 1.82) is 0 Å². The third kappa shape index (κ3) is 3.91. The molecule has 1 aromatic rings. The SMILES string of the molecule is Cc1cc(NCCC2CCCCC2)ncc1[N+](=O)[O-]. The van der Waals surface area contributed by atoms with Crippen LogP contribution in [0.1, 0.15) is 44.1 Å². The van der Waals surface area contributed by atoms with Gasteiger partial charge in [-0.2, -0.15) is 0 Å². The third-order valence-electron chi connectivity index (χ3n) is 3.86. The first-order valence-corrected chi connectivity index (χ1v) is 7.01. The minimum Gasteiger partial charge on any atom is -0.370 e. The van der Waals surface area contributed by atoms with Crippen molar-refractivity contribution in [3.8, 4) is 0 Å². The van der Waals surface area contributed by atoms with E-state index in [0.29, 0.717) is 5.56 Å². The molecule has 0 bridgehead atoms. The molecule has 0 amide bonds. The Labute approximate surface area is 113 Å². The maximum absolute atomic E-state index is 10.7. The summed E-state index contributed by atoms with van der Waals surface area (Å²) in [6.07, 6.45) is 9.28. The topological polar surface area (TPSA) is 68.1 Å². The Bertz CT molecular complexity index is 442. The van der Waals surface area contributed by atoms with Gasteiger partial charge >= 0.3 is 0 Å². The van der Waals surface area contributed by atoms with Crippen molar-refractivity contribution >= 4 is 11.5 Å². The molecule has 2 rings (SSSR count). The molecule has 0 radical (unpaired) electrons. The molecule has 0 aromatic carbocycles. The van der Waals surface area contributed by atoms with E-state index in [-0.39, 0.29) is 5.69 Å². The minimum absolute atomic E-state index is 0.0813. The lowest BCUT2D eigenvalue weighted by atomic mass is 9.87. The van der Waals surface area contributed by atoms with Gasteiger partial charge in [0.25, 0.3) is 5.69 Å². The zero-order valence-electron chi connectivity index (χ0n) is 11.4. The number of aryl methyl sites for hydroxylation is 1. The van der Waals surface area contributed by atoms with Crippen LogP contribution in [0.15, 0.2) is 12.3 Å². The maximum Gasteiger partial charge on any atom is 0.290 e. The van der Waals surface area contributed by atoms with Gasteiger partial charge in [-0.25, -0.2) is 4.98 Å². The van der Waals surface area contributed by atoms with Crippen LogP contribution in [0.4, 0.5) is 11.5 Å². The number of aromatic nitrogens is 1. The summed E-state index contributed by atoms with van der Waals surface area (Å²) in [5.74, 6) is 1.57. The second-order valence-electron chi connectivity index (χ2n) is 5.33. The highest BCUT2D eigenvalue weighted by molar-refractivity contribution is 5.46. The van der Waals surface area contributed by atoms with Crippen molar-refractivity contribution in [2.75, 3.05) is 11.9 Å². The molecule has 0 aliphatic heterocycles. The fraction of sp³-hybridized carbons (Fsp3) is 0.643. The molecular formula is C14H21N3O2. The van der Waals surface area contributed by atoms with Crippen LogP contribution in [0.2, 0.25) is 0 Å². The Balaban J connectivity index is 1.82. The van der Waals surface area contributed by atoms with E-state index >= 15 is 0 Å². The predicted octanol–water partition coefficient (Wildman–Crippen LogP) is 3.68.